The van der Waals surface area contributed by atoms with Gasteiger partial charge in [-0.3, -0.25) is 14.4 Å². The van der Waals surface area contributed by atoms with E-state index in [9.17, 15) is 14.4 Å². The quantitative estimate of drug-likeness (QED) is 0.793. The number of hydrogen-bond acceptors (Lipinski definition) is 4. The Balaban J connectivity index is 0.000000774. The van der Waals surface area contributed by atoms with Crippen molar-refractivity contribution >= 4 is 11.5 Å². The van der Waals surface area contributed by atoms with Gasteiger partial charge in [0.2, 0.25) is 10.9 Å². The van der Waals surface area contributed by atoms with Gasteiger partial charge in [-0.2, -0.15) is 0 Å². The van der Waals surface area contributed by atoms with E-state index in [4.69, 9.17) is 0 Å². The summed E-state index contributed by atoms with van der Waals surface area (Å²) in [6.45, 7) is 6.74. The molecule has 0 saturated heterocycles. The van der Waals surface area contributed by atoms with E-state index >= 15 is 0 Å². The minimum atomic E-state index is -0.483. The lowest BCUT2D eigenvalue weighted by Gasteiger charge is -2.29. The number of anilines is 1. The molecule has 1 heterocycles. The van der Waals surface area contributed by atoms with Crippen LogP contribution in [-0.2, 0) is 13.0 Å². The summed E-state index contributed by atoms with van der Waals surface area (Å²) in [6, 6.07) is 7.13. The first-order chi connectivity index (χ1) is 10.1. The number of ketones is 1. The molecule has 110 valence electrons. The van der Waals surface area contributed by atoms with E-state index in [-0.39, 0.29) is 12.3 Å². The standard InChI is InChI=1S/C15H13NO3.C2H6/c1-2-9-3-4-11-10(5-9)7-16(8-14(11)18)12-6-13(17)15(12)19;1-2/h3-6H,2,7-8H2,1H3;1-2H3. The Labute approximate surface area is 123 Å². The number of carbonyl (C=O) groups excluding carboxylic acids is 1. The molecule has 0 atom stereocenters. The fraction of sp³-hybridized carbons (Fsp3) is 0.353. The van der Waals surface area contributed by atoms with E-state index in [1.807, 2.05) is 32.0 Å². The second-order valence-corrected chi connectivity index (χ2v) is 4.85. The van der Waals surface area contributed by atoms with Crippen LogP contribution >= 0.6 is 0 Å². The number of nitrogens with zero attached hydrogens (tertiary/aromatic N) is 1. The summed E-state index contributed by atoms with van der Waals surface area (Å²) in [5, 5.41) is 0. The lowest BCUT2D eigenvalue weighted by atomic mass is 9.95. The van der Waals surface area contributed by atoms with Gasteiger partial charge in [0.1, 0.15) is 0 Å². The number of rotatable bonds is 2. The first-order valence-corrected chi connectivity index (χ1v) is 7.30. The molecule has 1 aliphatic rings. The average molecular weight is 285 g/mol. The summed E-state index contributed by atoms with van der Waals surface area (Å²) < 4.78 is 0. The van der Waals surface area contributed by atoms with Crippen molar-refractivity contribution in [1.29, 1.82) is 0 Å². The van der Waals surface area contributed by atoms with Crippen LogP contribution in [0.3, 0.4) is 0 Å². The molecule has 0 unspecified atom stereocenters. The molecule has 0 aliphatic carbocycles. The molecule has 0 spiro atoms. The minimum absolute atomic E-state index is 0.00282. The van der Waals surface area contributed by atoms with E-state index in [0.29, 0.717) is 12.2 Å². The Morgan fingerprint density at radius 2 is 1.76 bits per heavy atom. The van der Waals surface area contributed by atoms with Gasteiger partial charge in [-0.25, -0.2) is 0 Å². The fourth-order valence-corrected chi connectivity index (χ4v) is 2.50. The van der Waals surface area contributed by atoms with Gasteiger partial charge in [-0.1, -0.05) is 39.0 Å². The molecule has 0 N–H and O–H groups in total. The zero-order valence-corrected chi connectivity index (χ0v) is 12.6. The number of hydrogen-bond donors (Lipinski definition) is 0. The van der Waals surface area contributed by atoms with Gasteiger partial charge < -0.3 is 4.90 Å². The molecule has 4 heteroatoms. The molecule has 1 aliphatic heterocycles. The topological polar surface area (TPSA) is 54.5 Å². The normalized spacial score (nSPS) is 13.7. The highest BCUT2D eigenvalue weighted by Crippen LogP contribution is 2.23. The second-order valence-electron chi connectivity index (χ2n) is 4.85. The maximum Gasteiger partial charge on any atom is 0.249 e. The molecule has 2 aromatic carbocycles. The predicted octanol–water partition coefficient (Wildman–Crippen LogP) is 2.07. The molecular formula is C17H19NO3. The van der Waals surface area contributed by atoms with Gasteiger partial charge in [0.05, 0.1) is 12.2 Å². The van der Waals surface area contributed by atoms with Crippen LogP contribution in [0.1, 0.15) is 42.3 Å². The molecule has 3 rings (SSSR count). The fourth-order valence-electron chi connectivity index (χ4n) is 2.50. The smallest absolute Gasteiger partial charge is 0.249 e. The monoisotopic (exact) mass is 285 g/mol. The predicted molar refractivity (Wildman–Crippen MR) is 83.9 cm³/mol. The Hall–Kier alpha value is -2.23. The van der Waals surface area contributed by atoms with E-state index in [2.05, 4.69) is 6.92 Å². The summed E-state index contributed by atoms with van der Waals surface area (Å²) in [7, 11) is 0. The van der Waals surface area contributed by atoms with Gasteiger partial charge >= 0.3 is 0 Å². The minimum Gasteiger partial charge on any atom is -0.356 e. The number of carbonyl (C=O) groups is 1. The van der Waals surface area contributed by atoms with Crippen LogP contribution in [-0.4, -0.2) is 12.3 Å². The van der Waals surface area contributed by atoms with Gasteiger partial charge in [0.15, 0.2) is 5.78 Å². The third-order valence-electron chi connectivity index (χ3n) is 3.64. The van der Waals surface area contributed by atoms with Gasteiger partial charge in [0, 0.05) is 18.2 Å². The Bertz CT molecular complexity index is 739. The first-order valence-electron chi connectivity index (χ1n) is 7.30. The molecule has 2 aromatic rings. The lowest BCUT2D eigenvalue weighted by Crippen LogP contribution is -2.43. The molecule has 0 fully saturated rings. The molecule has 0 saturated carbocycles. The summed E-state index contributed by atoms with van der Waals surface area (Å²) in [4.78, 5) is 36.2. The van der Waals surface area contributed by atoms with Crippen molar-refractivity contribution in [1.82, 2.24) is 0 Å². The van der Waals surface area contributed by atoms with Crippen LogP contribution in [0.2, 0.25) is 0 Å². The lowest BCUT2D eigenvalue weighted by molar-refractivity contribution is 0.0992. The van der Waals surface area contributed by atoms with Crippen LogP contribution in [0.25, 0.3) is 0 Å². The Kier molecular flexibility index (Phi) is 4.36. The second kappa shape index (κ2) is 6.04. The molecular weight excluding hydrogens is 266 g/mol. The third-order valence-corrected chi connectivity index (χ3v) is 3.64. The van der Waals surface area contributed by atoms with Crippen LogP contribution in [0.15, 0.2) is 33.9 Å². The van der Waals surface area contributed by atoms with Crippen LogP contribution in [0.4, 0.5) is 5.69 Å². The van der Waals surface area contributed by atoms with E-state index < -0.39 is 10.9 Å². The van der Waals surface area contributed by atoms with Crippen molar-refractivity contribution in [3.05, 3.63) is 61.4 Å². The van der Waals surface area contributed by atoms with Gasteiger partial charge in [-0.05, 0) is 17.5 Å². The van der Waals surface area contributed by atoms with Crippen molar-refractivity contribution < 1.29 is 4.79 Å². The number of Topliss-reactive ketones (excluding diaryl/α,β-unsaturated/α-hetero) is 1. The highest BCUT2D eigenvalue weighted by atomic mass is 16.2. The highest BCUT2D eigenvalue weighted by Gasteiger charge is 2.26. The van der Waals surface area contributed by atoms with Crippen LogP contribution in [0.5, 0.6) is 0 Å². The average Bonchev–Trinajstić information content (AvgIpc) is 2.53. The largest absolute Gasteiger partial charge is 0.356 e. The van der Waals surface area contributed by atoms with Crippen molar-refractivity contribution in [2.45, 2.75) is 33.7 Å². The summed E-state index contributed by atoms with van der Waals surface area (Å²) >= 11 is 0. The van der Waals surface area contributed by atoms with E-state index in [1.54, 1.807) is 4.90 Å². The number of benzene rings is 1. The maximum absolute atomic E-state index is 12.1. The zero-order valence-electron chi connectivity index (χ0n) is 12.6. The summed E-state index contributed by atoms with van der Waals surface area (Å²) in [5.74, 6) is -0.00282. The SMILES string of the molecule is CC.CCc1ccc2c(c1)CN(c1cc(=O)c1=O)CC2=O. The van der Waals surface area contributed by atoms with Crippen molar-refractivity contribution in [3.63, 3.8) is 0 Å². The Morgan fingerprint density at radius 3 is 2.33 bits per heavy atom. The Morgan fingerprint density at radius 1 is 1.05 bits per heavy atom. The summed E-state index contributed by atoms with van der Waals surface area (Å²) in [5.41, 5.74) is 2.23. The van der Waals surface area contributed by atoms with Crippen molar-refractivity contribution in [2.24, 2.45) is 0 Å². The third kappa shape index (κ3) is 2.66. The van der Waals surface area contributed by atoms with E-state index in [1.165, 1.54) is 11.6 Å². The highest BCUT2D eigenvalue weighted by molar-refractivity contribution is 6.02. The molecule has 4 nitrogen and oxygen atoms in total. The zero-order chi connectivity index (χ0) is 15.6. The number of aryl methyl sites for hydroxylation is 1. The van der Waals surface area contributed by atoms with Crippen molar-refractivity contribution in [2.75, 3.05) is 11.4 Å². The molecule has 0 aromatic heterocycles. The number of fused-ring (bicyclic) bond motifs is 1. The van der Waals surface area contributed by atoms with Gasteiger partial charge in [-0.15, -0.1) is 0 Å². The molecule has 21 heavy (non-hydrogen) atoms. The van der Waals surface area contributed by atoms with Gasteiger partial charge in [0.25, 0.3) is 0 Å². The molecule has 0 bridgehead atoms. The first kappa shape index (κ1) is 15.2. The van der Waals surface area contributed by atoms with Crippen LogP contribution in [0, 0.1) is 0 Å². The molecule has 0 radical (unpaired) electrons. The van der Waals surface area contributed by atoms with E-state index in [0.717, 1.165) is 17.5 Å². The molecule has 0 amide bonds. The summed E-state index contributed by atoms with van der Waals surface area (Å²) in [6.07, 6.45) is 0.904. The maximum atomic E-state index is 12.1. The van der Waals surface area contributed by atoms with Crippen LogP contribution < -0.4 is 15.8 Å². The van der Waals surface area contributed by atoms with Crippen molar-refractivity contribution in [3.8, 4) is 0 Å².